The number of carbonyl (C=O) groups excluding carboxylic acids is 5. The number of para-hydroxylation sites is 4. The van der Waals surface area contributed by atoms with Gasteiger partial charge in [0.1, 0.15) is 11.5 Å². The van der Waals surface area contributed by atoms with E-state index in [-0.39, 0.29) is 33.4 Å². The maximum Gasteiger partial charge on any atom is 0.266 e. The van der Waals surface area contributed by atoms with Gasteiger partial charge in [0.25, 0.3) is 23.6 Å². The molecule has 2 heterocycles. The molecule has 0 aromatic heterocycles. The Kier molecular flexibility index (Phi) is 6.62. The van der Waals surface area contributed by atoms with Crippen LogP contribution in [0.1, 0.15) is 71.2 Å². The second kappa shape index (κ2) is 10.4. The number of ether oxygens (including phenoxy) is 2. The summed E-state index contributed by atoms with van der Waals surface area (Å²) in [5, 5.41) is 0. The van der Waals surface area contributed by atoms with E-state index in [0.29, 0.717) is 36.1 Å². The highest BCUT2D eigenvalue weighted by Gasteiger charge is 2.40. The molecule has 6 rings (SSSR count). The zero-order valence-electron chi connectivity index (χ0n) is 22.7. The Morgan fingerprint density at radius 3 is 1.33 bits per heavy atom. The van der Waals surface area contributed by atoms with E-state index in [1.54, 1.807) is 62.4 Å². The average molecular weight is 561 g/mol. The molecule has 0 saturated carbocycles. The highest BCUT2D eigenvalue weighted by molar-refractivity contribution is 6.36. The monoisotopic (exact) mass is 560 g/mol. The zero-order chi connectivity index (χ0) is 29.5. The van der Waals surface area contributed by atoms with Crippen molar-refractivity contribution in [2.45, 2.75) is 13.8 Å². The van der Waals surface area contributed by atoms with Crippen molar-refractivity contribution in [2.24, 2.45) is 0 Å². The van der Waals surface area contributed by atoms with Gasteiger partial charge in [-0.05, 0) is 62.4 Å². The predicted molar refractivity (Wildman–Crippen MR) is 154 cm³/mol. The second-order valence-electron chi connectivity index (χ2n) is 9.54. The van der Waals surface area contributed by atoms with Crippen LogP contribution in [0.5, 0.6) is 11.5 Å². The molecule has 4 amide bonds. The lowest BCUT2D eigenvalue weighted by Crippen LogP contribution is -2.29. The normalized spacial score (nSPS) is 13.9. The molecule has 0 bridgehead atoms. The molecule has 9 nitrogen and oxygen atoms in total. The van der Waals surface area contributed by atoms with Crippen molar-refractivity contribution < 1.29 is 33.4 Å². The van der Waals surface area contributed by atoms with E-state index in [2.05, 4.69) is 0 Å². The second-order valence-corrected chi connectivity index (χ2v) is 9.54. The first-order valence-corrected chi connectivity index (χ1v) is 13.4. The van der Waals surface area contributed by atoms with Crippen molar-refractivity contribution in [3.63, 3.8) is 0 Å². The molecule has 0 fully saturated rings. The van der Waals surface area contributed by atoms with E-state index < -0.39 is 29.4 Å². The number of anilines is 2. The topological polar surface area (TPSA) is 110 Å². The minimum absolute atomic E-state index is 0.0864. The van der Waals surface area contributed by atoms with Gasteiger partial charge in [0.05, 0.1) is 46.8 Å². The lowest BCUT2D eigenvalue weighted by Gasteiger charge is -2.17. The van der Waals surface area contributed by atoms with Crippen LogP contribution in [0.2, 0.25) is 0 Å². The highest BCUT2D eigenvalue weighted by Crippen LogP contribution is 2.37. The SMILES string of the molecule is CCOc1ccccc1N1C(=O)c2ccc(C(=O)c3ccc4c(c3)C(=O)N(c3ccccc3OCC)C4=O)cc2C1=O. The van der Waals surface area contributed by atoms with Crippen molar-refractivity contribution in [1.82, 2.24) is 0 Å². The molecule has 2 aliphatic rings. The number of ketones is 1. The Hall–Kier alpha value is -5.57. The third-order valence-corrected chi connectivity index (χ3v) is 7.11. The maximum atomic E-state index is 13.5. The molecule has 9 heteroatoms. The average Bonchev–Trinajstić information content (AvgIpc) is 3.41. The van der Waals surface area contributed by atoms with Gasteiger partial charge in [0, 0.05) is 11.1 Å². The van der Waals surface area contributed by atoms with Gasteiger partial charge in [-0.1, -0.05) is 36.4 Å². The van der Waals surface area contributed by atoms with Crippen molar-refractivity contribution >= 4 is 40.8 Å². The Morgan fingerprint density at radius 2 is 0.929 bits per heavy atom. The fourth-order valence-electron chi connectivity index (χ4n) is 5.21. The number of nitrogens with zero attached hydrogens (tertiary/aromatic N) is 2. The highest BCUT2D eigenvalue weighted by atomic mass is 16.5. The molecule has 0 N–H and O–H groups in total. The van der Waals surface area contributed by atoms with Gasteiger partial charge in [-0.25, -0.2) is 9.80 Å². The first kappa shape index (κ1) is 26.6. The van der Waals surface area contributed by atoms with Gasteiger partial charge in [-0.2, -0.15) is 0 Å². The fourth-order valence-corrected chi connectivity index (χ4v) is 5.21. The van der Waals surface area contributed by atoms with Crippen LogP contribution in [0.25, 0.3) is 0 Å². The molecular formula is C33H24N2O7. The van der Waals surface area contributed by atoms with E-state index in [1.165, 1.54) is 36.4 Å². The standard InChI is InChI=1S/C33H24N2O7/c1-3-41-27-11-7-5-9-25(27)34-30(37)21-15-13-19(17-23(21)32(34)39)29(36)20-14-16-22-24(18-20)33(40)35(31(22)38)26-10-6-8-12-28(26)42-4-2/h5-18H,3-4H2,1-2H3. The fraction of sp³-hybridized carbons (Fsp3) is 0.121. The van der Waals surface area contributed by atoms with Crippen molar-refractivity contribution in [3.05, 3.63) is 118 Å². The quantitative estimate of drug-likeness (QED) is 0.212. The van der Waals surface area contributed by atoms with Gasteiger partial charge < -0.3 is 9.47 Å². The summed E-state index contributed by atoms with van der Waals surface area (Å²) in [7, 11) is 0. The molecule has 2 aliphatic heterocycles. The summed E-state index contributed by atoms with van der Waals surface area (Å²) in [4.78, 5) is 68.8. The lowest BCUT2D eigenvalue weighted by molar-refractivity contribution is 0.0909. The summed E-state index contributed by atoms with van der Waals surface area (Å²) in [6, 6.07) is 22.1. The third kappa shape index (κ3) is 4.14. The minimum Gasteiger partial charge on any atom is -0.492 e. The van der Waals surface area contributed by atoms with Crippen LogP contribution in [-0.4, -0.2) is 42.6 Å². The van der Waals surface area contributed by atoms with Crippen LogP contribution in [0.4, 0.5) is 11.4 Å². The molecule has 0 unspecified atom stereocenters. The van der Waals surface area contributed by atoms with E-state index in [9.17, 15) is 24.0 Å². The predicted octanol–water partition coefficient (Wildman–Crippen LogP) is 5.32. The molecule has 42 heavy (non-hydrogen) atoms. The Morgan fingerprint density at radius 1 is 0.548 bits per heavy atom. The van der Waals surface area contributed by atoms with Crippen LogP contribution >= 0.6 is 0 Å². The molecule has 0 aliphatic carbocycles. The van der Waals surface area contributed by atoms with Crippen LogP contribution in [-0.2, 0) is 0 Å². The Balaban J connectivity index is 1.31. The van der Waals surface area contributed by atoms with Crippen LogP contribution in [0.3, 0.4) is 0 Å². The summed E-state index contributed by atoms with van der Waals surface area (Å²) in [6.07, 6.45) is 0. The van der Waals surface area contributed by atoms with E-state index in [0.717, 1.165) is 9.80 Å². The van der Waals surface area contributed by atoms with Crippen molar-refractivity contribution in [3.8, 4) is 11.5 Å². The Labute approximate surface area is 240 Å². The molecule has 4 aromatic rings. The van der Waals surface area contributed by atoms with Gasteiger partial charge in [0.15, 0.2) is 5.78 Å². The van der Waals surface area contributed by atoms with E-state index in [1.807, 2.05) is 0 Å². The van der Waals surface area contributed by atoms with Gasteiger partial charge >= 0.3 is 0 Å². The van der Waals surface area contributed by atoms with Gasteiger partial charge in [0.2, 0.25) is 0 Å². The number of hydrogen-bond donors (Lipinski definition) is 0. The van der Waals surface area contributed by atoms with Gasteiger partial charge in [-0.3, -0.25) is 24.0 Å². The molecule has 208 valence electrons. The first-order valence-electron chi connectivity index (χ1n) is 13.4. The number of imide groups is 2. The minimum atomic E-state index is -0.574. The maximum absolute atomic E-state index is 13.5. The molecular weight excluding hydrogens is 536 g/mol. The van der Waals surface area contributed by atoms with Crippen molar-refractivity contribution in [2.75, 3.05) is 23.0 Å². The number of amides is 4. The summed E-state index contributed by atoms with van der Waals surface area (Å²) in [5.41, 5.74) is 1.45. The van der Waals surface area contributed by atoms with Crippen molar-refractivity contribution in [1.29, 1.82) is 0 Å². The van der Waals surface area contributed by atoms with Gasteiger partial charge in [-0.15, -0.1) is 0 Å². The third-order valence-electron chi connectivity index (χ3n) is 7.11. The number of carbonyl (C=O) groups is 5. The van der Waals surface area contributed by atoms with E-state index >= 15 is 0 Å². The summed E-state index contributed by atoms with van der Waals surface area (Å²) in [6.45, 7) is 4.31. The lowest BCUT2D eigenvalue weighted by atomic mass is 9.96. The first-order chi connectivity index (χ1) is 20.3. The number of hydrogen-bond acceptors (Lipinski definition) is 7. The summed E-state index contributed by atoms with van der Waals surface area (Å²) in [5.74, 6) is -1.87. The number of benzene rings is 4. The summed E-state index contributed by atoms with van der Waals surface area (Å²) < 4.78 is 11.2. The Bertz CT molecular complexity index is 1700. The molecule has 0 atom stereocenters. The molecule has 0 saturated heterocycles. The van der Waals surface area contributed by atoms with Crippen LogP contribution in [0, 0.1) is 0 Å². The zero-order valence-corrected chi connectivity index (χ0v) is 22.7. The summed E-state index contributed by atoms with van der Waals surface area (Å²) >= 11 is 0. The van der Waals surface area contributed by atoms with Crippen LogP contribution < -0.4 is 19.3 Å². The largest absolute Gasteiger partial charge is 0.492 e. The molecule has 0 radical (unpaired) electrons. The smallest absolute Gasteiger partial charge is 0.266 e. The number of fused-ring (bicyclic) bond motifs is 2. The number of rotatable bonds is 8. The molecule has 4 aromatic carbocycles. The molecule has 0 spiro atoms. The van der Waals surface area contributed by atoms with E-state index in [4.69, 9.17) is 9.47 Å². The van der Waals surface area contributed by atoms with Crippen LogP contribution in [0.15, 0.2) is 84.9 Å².